The van der Waals surface area contributed by atoms with Crippen molar-refractivity contribution in [3.8, 4) is 5.75 Å². The first-order valence-electron chi connectivity index (χ1n) is 2.93. The molecule has 1 amide bonds. The van der Waals surface area contributed by atoms with Gasteiger partial charge in [0.1, 0.15) is 5.75 Å². The van der Waals surface area contributed by atoms with Crippen molar-refractivity contribution >= 4 is 18.5 Å². The molecule has 12 heavy (non-hydrogen) atoms. The molecule has 0 aromatic heterocycles. The standard InChI is InChI=1S/C7H7NO2S.Na/c8-7(10)4-1-2-6(11)5(9)3-4;/h1-3,9,11H,(H2,8,10);/q;+1. The molecule has 3 N–H and O–H groups in total. The fourth-order valence-corrected chi connectivity index (χ4v) is 0.816. The fourth-order valence-electron chi connectivity index (χ4n) is 0.677. The van der Waals surface area contributed by atoms with Gasteiger partial charge in [-0.2, -0.15) is 0 Å². The van der Waals surface area contributed by atoms with Crippen LogP contribution in [0.3, 0.4) is 0 Å². The van der Waals surface area contributed by atoms with Crippen molar-refractivity contribution in [2.75, 3.05) is 0 Å². The molecule has 0 bridgehead atoms. The number of phenols is 1. The van der Waals surface area contributed by atoms with E-state index in [1.165, 1.54) is 18.2 Å². The monoisotopic (exact) mass is 192 g/mol. The summed E-state index contributed by atoms with van der Waals surface area (Å²) in [5, 5.41) is 9.06. The van der Waals surface area contributed by atoms with Gasteiger partial charge in [0.2, 0.25) is 5.91 Å². The number of hydrogen-bond donors (Lipinski definition) is 3. The predicted molar refractivity (Wildman–Crippen MR) is 43.9 cm³/mol. The molecule has 1 aromatic rings. The maximum absolute atomic E-state index is 10.6. The van der Waals surface area contributed by atoms with Gasteiger partial charge in [-0.25, -0.2) is 0 Å². The first-order valence-corrected chi connectivity index (χ1v) is 3.38. The minimum absolute atomic E-state index is 0. The van der Waals surface area contributed by atoms with Crippen LogP contribution in [0.4, 0.5) is 0 Å². The van der Waals surface area contributed by atoms with Gasteiger partial charge in [0.15, 0.2) is 0 Å². The SMILES string of the molecule is NC(=O)c1ccc(S)c(O)c1.[Na+]. The van der Waals surface area contributed by atoms with Gasteiger partial charge in [0, 0.05) is 10.5 Å². The second-order valence-electron chi connectivity index (χ2n) is 2.07. The summed E-state index contributed by atoms with van der Waals surface area (Å²) in [5.74, 6) is -0.599. The quantitative estimate of drug-likeness (QED) is 0.349. The number of thiol groups is 1. The van der Waals surface area contributed by atoms with Crippen LogP contribution in [-0.4, -0.2) is 11.0 Å². The van der Waals surface area contributed by atoms with Crippen molar-refractivity contribution < 1.29 is 39.5 Å². The van der Waals surface area contributed by atoms with Crippen LogP contribution in [-0.2, 0) is 0 Å². The summed E-state index contributed by atoms with van der Waals surface area (Å²) >= 11 is 3.91. The van der Waals surface area contributed by atoms with Crippen molar-refractivity contribution in [1.82, 2.24) is 0 Å². The van der Waals surface area contributed by atoms with E-state index in [0.717, 1.165) is 0 Å². The maximum atomic E-state index is 10.6. The Bertz CT molecular complexity index is 303. The van der Waals surface area contributed by atoms with Crippen molar-refractivity contribution in [2.24, 2.45) is 5.73 Å². The normalized spacial score (nSPS) is 8.75. The molecule has 3 nitrogen and oxygen atoms in total. The summed E-state index contributed by atoms with van der Waals surface area (Å²) in [6, 6.07) is 4.30. The summed E-state index contributed by atoms with van der Waals surface area (Å²) < 4.78 is 0. The largest absolute Gasteiger partial charge is 1.00 e. The van der Waals surface area contributed by atoms with Crippen LogP contribution < -0.4 is 35.3 Å². The molecular weight excluding hydrogens is 185 g/mol. The van der Waals surface area contributed by atoms with Gasteiger partial charge < -0.3 is 10.8 Å². The van der Waals surface area contributed by atoms with Crippen LogP contribution in [0.15, 0.2) is 23.1 Å². The van der Waals surface area contributed by atoms with Gasteiger partial charge in [-0.3, -0.25) is 4.79 Å². The van der Waals surface area contributed by atoms with Crippen LogP contribution in [0.25, 0.3) is 0 Å². The molecule has 0 saturated heterocycles. The number of benzene rings is 1. The molecule has 0 heterocycles. The third-order valence-corrected chi connectivity index (χ3v) is 1.64. The Balaban J connectivity index is 0.00000121. The third-order valence-electron chi connectivity index (χ3n) is 1.26. The molecule has 1 rings (SSSR count). The summed E-state index contributed by atoms with van der Waals surface area (Å²) in [5.41, 5.74) is 5.24. The second kappa shape index (κ2) is 4.77. The van der Waals surface area contributed by atoms with Gasteiger partial charge in [-0.05, 0) is 18.2 Å². The van der Waals surface area contributed by atoms with Crippen LogP contribution in [0, 0.1) is 0 Å². The Hall–Kier alpha value is -0.160. The number of hydrogen-bond acceptors (Lipinski definition) is 3. The Kier molecular flexibility index (Phi) is 4.70. The van der Waals surface area contributed by atoms with E-state index < -0.39 is 5.91 Å². The zero-order valence-corrected chi connectivity index (χ0v) is 9.51. The molecular formula is C7H7NNaO2S+. The van der Waals surface area contributed by atoms with Gasteiger partial charge >= 0.3 is 29.6 Å². The molecule has 1 aromatic carbocycles. The summed E-state index contributed by atoms with van der Waals surface area (Å²) in [6.07, 6.45) is 0. The van der Waals surface area contributed by atoms with Crippen LogP contribution in [0.5, 0.6) is 5.75 Å². The Labute approximate surface area is 97.7 Å². The molecule has 0 spiro atoms. The maximum Gasteiger partial charge on any atom is 1.00 e. The predicted octanol–water partition coefficient (Wildman–Crippen LogP) is -2.22. The Morgan fingerprint density at radius 2 is 2.08 bits per heavy atom. The zero-order chi connectivity index (χ0) is 8.43. The number of nitrogens with two attached hydrogens (primary N) is 1. The second-order valence-corrected chi connectivity index (χ2v) is 2.55. The van der Waals surface area contributed by atoms with E-state index in [-0.39, 0.29) is 40.9 Å². The Morgan fingerprint density at radius 1 is 1.50 bits per heavy atom. The molecule has 0 unspecified atom stereocenters. The summed E-state index contributed by atoms with van der Waals surface area (Å²) in [6.45, 7) is 0. The van der Waals surface area contributed by atoms with Crippen molar-refractivity contribution in [3.05, 3.63) is 23.8 Å². The third kappa shape index (κ3) is 2.71. The van der Waals surface area contributed by atoms with E-state index in [0.29, 0.717) is 4.90 Å². The zero-order valence-electron chi connectivity index (χ0n) is 6.61. The molecule has 0 saturated carbocycles. The first-order chi connectivity index (χ1) is 5.11. The topological polar surface area (TPSA) is 63.3 Å². The van der Waals surface area contributed by atoms with E-state index in [1.54, 1.807) is 0 Å². The van der Waals surface area contributed by atoms with Gasteiger partial charge in [-0.15, -0.1) is 12.6 Å². The van der Waals surface area contributed by atoms with E-state index in [9.17, 15) is 4.79 Å². The summed E-state index contributed by atoms with van der Waals surface area (Å²) in [4.78, 5) is 11.0. The summed E-state index contributed by atoms with van der Waals surface area (Å²) in [7, 11) is 0. The van der Waals surface area contributed by atoms with Gasteiger partial charge in [0.25, 0.3) is 0 Å². The average Bonchev–Trinajstić information content (AvgIpc) is 1.94. The number of aromatic hydroxyl groups is 1. The average molecular weight is 192 g/mol. The molecule has 5 heteroatoms. The number of carbonyl (C=O) groups excluding carboxylic acids is 1. The van der Waals surface area contributed by atoms with Gasteiger partial charge in [0.05, 0.1) is 0 Å². The van der Waals surface area contributed by atoms with Crippen LogP contribution in [0.1, 0.15) is 10.4 Å². The minimum atomic E-state index is -0.561. The van der Waals surface area contributed by atoms with Crippen LogP contribution >= 0.6 is 12.6 Å². The van der Waals surface area contributed by atoms with E-state index >= 15 is 0 Å². The van der Waals surface area contributed by atoms with E-state index in [1.807, 2.05) is 0 Å². The molecule has 0 aliphatic heterocycles. The smallest absolute Gasteiger partial charge is 0.507 e. The van der Waals surface area contributed by atoms with Crippen molar-refractivity contribution in [3.63, 3.8) is 0 Å². The molecule has 0 atom stereocenters. The number of amides is 1. The number of rotatable bonds is 1. The molecule has 0 aliphatic rings. The molecule has 0 fully saturated rings. The Morgan fingerprint density at radius 3 is 2.50 bits per heavy atom. The number of carbonyl (C=O) groups is 1. The number of primary amides is 1. The molecule has 0 aliphatic carbocycles. The van der Waals surface area contributed by atoms with E-state index in [2.05, 4.69) is 12.6 Å². The molecule has 58 valence electrons. The first kappa shape index (κ1) is 11.8. The van der Waals surface area contributed by atoms with E-state index in [4.69, 9.17) is 10.8 Å². The van der Waals surface area contributed by atoms with Crippen molar-refractivity contribution in [1.29, 1.82) is 0 Å². The number of phenolic OH excluding ortho intramolecular Hbond substituents is 1. The fraction of sp³-hybridized carbons (Fsp3) is 0. The van der Waals surface area contributed by atoms with Gasteiger partial charge in [-0.1, -0.05) is 0 Å². The molecule has 0 radical (unpaired) electrons. The van der Waals surface area contributed by atoms with Crippen molar-refractivity contribution in [2.45, 2.75) is 4.90 Å². The minimum Gasteiger partial charge on any atom is -0.507 e. The van der Waals surface area contributed by atoms with Crippen LogP contribution in [0.2, 0.25) is 0 Å².